The molecule has 4 rings (SSSR count). The van der Waals surface area contributed by atoms with E-state index in [1.807, 2.05) is 43.0 Å². The quantitative estimate of drug-likeness (QED) is 0.757. The maximum Gasteiger partial charge on any atom is 0.290 e. The standard InChI is InChI=1S/C19H23N5O3/c1-12(2)27-13-4-5-15-14(10-13)18(21-20-15)16-11-17(19(25)23(3)22-16)24-6-8-26-9-7-24/h4-5,10-12H,6-9H2,1-3H3,(H,20,21). The molecule has 8 nitrogen and oxygen atoms in total. The van der Waals surface area contributed by atoms with Gasteiger partial charge in [-0.2, -0.15) is 10.2 Å². The van der Waals surface area contributed by atoms with E-state index in [-0.39, 0.29) is 11.7 Å². The van der Waals surface area contributed by atoms with E-state index < -0.39 is 0 Å². The predicted octanol–water partition coefficient (Wildman–Crippen LogP) is 1.95. The van der Waals surface area contributed by atoms with E-state index in [2.05, 4.69) is 15.3 Å². The van der Waals surface area contributed by atoms with Crippen LogP contribution >= 0.6 is 0 Å². The summed E-state index contributed by atoms with van der Waals surface area (Å²) in [6.45, 7) is 6.58. The van der Waals surface area contributed by atoms with Crippen LogP contribution in [0, 0.1) is 0 Å². The summed E-state index contributed by atoms with van der Waals surface area (Å²) in [7, 11) is 1.66. The second kappa shape index (κ2) is 7.03. The van der Waals surface area contributed by atoms with Gasteiger partial charge in [-0.05, 0) is 38.1 Å². The number of H-pyrrole nitrogens is 1. The van der Waals surface area contributed by atoms with Crippen LogP contribution in [-0.2, 0) is 11.8 Å². The van der Waals surface area contributed by atoms with Crippen molar-refractivity contribution in [2.75, 3.05) is 31.2 Å². The van der Waals surface area contributed by atoms with Crippen molar-refractivity contribution >= 4 is 16.6 Å². The number of nitrogens with zero attached hydrogens (tertiary/aromatic N) is 4. The van der Waals surface area contributed by atoms with Crippen molar-refractivity contribution in [1.82, 2.24) is 20.0 Å². The second-order valence-corrected chi connectivity index (χ2v) is 6.89. The van der Waals surface area contributed by atoms with Crippen molar-refractivity contribution in [2.24, 2.45) is 7.05 Å². The lowest BCUT2D eigenvalue weighted by Gasteiger charge is -2.28. The van der Waals surface area contributed by atoms with Crippen LogP contribution in [-0.4, -0.2) is 52.4 Å². The lowest BCUT2D eigenvalue weighted by atomic mass is 10.1. The van der Waals surface area contributed by atoms with Gasteiger partial charge >= 0.3 is 0 Å². The van der Waals surface area contributed by atoms with Crippen LogP contribution in [0.2, 0.25) is 0 Å². The number of fused-ring (bicyclic) bond motifs is 1. The van der Waals surface area contributed by atoms with Gasteiger partial charge in [-0.3, -0.25) is 9.89 Å². The average molecular weight is 369 g/mol. The number of benzene rings is 1. The summed E-state index contributed by atoms with van der Waals surface area (Å²) in [5, 5.41) is 12.8. The van der Waals surface area contributed by atoms with Crippen LogP contribution in [0.3, 0.4) is 0 Å². The number of anilines is 1. The maximum absolute atomic E-state index is 12.6. The van der Waals surface area contributed by atoms with E-state index in [1.54, 1.807) is 7.05 Å². The first-order chi connectivity index (χ1) is 13.0. The van der Waals surface area contributed by atoms with Gasteiger partial charge in [0.2, 0.25) is 0 Å². The Morgan fingerprint density at radius 1 is 1.22 bits per heavy atom. The van der Waals surface area contributed by atoms with Crippen molar-refractivity contribution in [3.63, 3.8) is 0 Å². The summed E-state index contributed by atoms with van der Waals surface area (Å²) in [5.41, 5.74) is 2.74. The van der Waals surface area contributed by atoms with Crippen LogP contribution in [0.15, 0.2) is 29.1 Å². The molecule has 0 unspecified atom stereocenters. The van der Waals surface area contributed by atoms with Crippen LogP contribution in [0.25, 0.3) is 22.3 Å². The van der Waals surface area contributed by atoms with Gasteiger partial charge in [-0.15, -0.1) is 0 Å². The topological polar surface area (TPSA) is 85.3 Å². The lowest BCUT2D eigenvalue weighted by molar-refractivity contribution is 0.122. The average Bonchev–Trinajstić information content (AvgIpc) is 3.07. The monoisotopic (exact) mass is 369 g/mol. The zero-order chi connectivity index (χ0) is 19.0. The third-order valence-electron chi connectivity index (χ3n) is 4.54. The molecule has 8 heteroatoms. The van der Waals surface area contributed by atoms with Crippen molar-refractivity contribution < 1.29 is 9.47 Å². The molecule has 0 bridgehead atoms. The largest absolute Gasteiger partial charge is 0.491 e. The molecule has 3 aromatic rings. The molecule has 0 aliphatic carbocycles. The van der Waals surface area contributed by atoms with Crippen LogP contribution < -0.4 is 15.2 Å². The summed E-state index contributed by atoms with van der Waals surface area (Å²) in [5.74, 6) is 0.776. The molecule has 1 aliphatic heterocycles. The molecule has 0 amide bonds. The van der Waals surface area contributed by atoms with E-state index in [1.165, 1.54) is 4.68 Å². The van der Waals surface area contributed by atoms with E-state index in [4.69, 9.17) is 9.47 Å². The predicted molar refractivity (Wildman–Crippen MR) is 103 cm³/mol. The highest BCUT2D eigenvalue weighted by atomic mass is 16.5. The fraction of sp³-hybridized carbons (Fsp3) is 0.421. The Morgan fingerprint density at radius 2 is 2.00 bits per heavy atom. The van der Waals surface area contributed by atoms with Crippen LogP contribution in [0.4, 0.5) is 5.69 Å². The minimum Gasteiger partial charge on any atom is -0.491 e. The molecule has 3 heterocycles. The van der Waals surface area contributed by atoms with Gasteiger partial charge in [-0.1, -0.05) is 0 Å². The van der Waals surface area contributed by atoms with Crippen molar-refractivity contribution in [3.05, 3.63) is 34.6 Å². The number of hydrogen-bond donors (Lipinski definition) is 1. The number of rotatable bonds is 4. The molecule has 0 atom stereocenters. The number of hydrogen-bond acceptors (Lipinski definition) is 6. The fourth-order valence-electron chi connectivity index (χ4n) is 3.27. The number of nitrogens with one attached hydrogen (secondary N) is 1. The van der Waals surface area contributed by atoms with Crippen molar-refractivity contribution in [2.45, 2.75) is 20.0 Å². The molecule has 142 valence electrons. The van der Waals surface area contributed by atoms with Gasteiger partial charge in [-0.25, -0.2) is 4.68 Å². The van der Waals surface area contributed by atoms with Gasteiger partial charge in [0.25, 0.3) is 5.56 Å². The van der Waals surface area contributed by atoms with Gasteiger partial charge in [0.15, 0.2) is 0 Å². The molecule has 1 N–H and O–H groups in total. The van der Waals surface area contributed by atoms with E-state index in [0.29, 0.717) is 43.4 Å². The Hall–Kier alpha value is -2.87. The smallest absolute Gasteiger partial charge is 0.290 e. The number of aromatic amines is 1. The SMILES string of the molecule is CC(C)Oc1ccc2[nH]nc(-c3cc(N4CCOCC4)c(=O)n(C)n3)c2c1. The number of ether oxygens (including phenoxy) is 2. The first-order valence-electron chi connectivity index (χ1n) is 9.09. The van der Waals surface area contributed by atoms with Gasteiger partial charge in [0, 0.05) is 25.5 Å². The maximum atomic E-state index is 12.6. The molecule has 0 spiro atoms. The van der Waals surface area contributed by atoms with Crippen molar-refractivity contribution in [1.29, 1.82) is 0 Å². The number of morpholine rings is 1. The molecule has 2 aromatic heterocycles. The fourth-order valence-corrected chi connectivity index (χ4v) is 3.27. The molecule has 1 aromatic carbocycles. The molecule has 27 heavy (non-hydrogen) atoms. The van der Waals surface area contributed by atoms with Crippen LogP contribution in [0.1, 0.15) is 13.8 Å². The highest BCUT2D eigenvalue weighted by molar-refractivity contribution is 5.93. The second-order valence-electron chi connectivity index (χ2n) is 6.89. The van der Waals surface area contributed by atoms with Crippen LogP contribution in [0.5, 0.6) is 5.75 Å². The third-order valence-corrected chi connectivity index (χ3v) is 4.54. The highest BCUT2D eigenvalue weighted by Crippen LogP contribution is 2.29. The number of aryl methyl sites for hydroxylation is 1. The van der Waals surface area contributed by atoms with Crippen molar-refractivity contribution in [3.8, 4) is 17.1 Å². The molecular weight excluding hydrogens is 346 g/mol. The first kappa shape index (κ1) is 17.5. The van der Waals surface area contributed by atoms with Gasteiger partial charge in [0.05, 0.1) is 24.8 Å². The minimum absolute atomic E-state index is 0.0846. The van der Waals surface area contributed by atoms with E-state index in [9.17, 15) is 4.79 Å². The molecule has 1 saturated heterocycles. The van der Waals surface area contributed by atoms with Gasteiger partial charge < -0.3 is 14.4 Å². The summed E-state index contributed by atoms with van der Waals surface area (Å²) in [6, 6.07) is 7.63. The Kier molecular flexibility index (Phi) is 4.57. The zero-order valence-corrected chi connectivity index (χ0v) is 15.7. The summed E-state index contributed by atoms with van der Waals surface area (Å²) >= 11 is 0. The highest BCUT2D eigenvalue weighted by Gasteiger charge is 2.19. The third kappa shape index (κ3) is 3.40. The lowest BCUT2D eigenvalue weighted by Crippen LogP contribution is -2.40. The molecule has 0 saturated carbocycles. The molecule has 1 aliphatic rings. The zero-order valence-electron chi connectivity index (χ0n) is 15.7. The van der Waals surface area contributed by atoms with E-state index in [0.717, 1.165) is 16.7 Å². The van der Waals surface area contributed by atoms with E-state index >= 15 is 0 Å². The normalized spacial score (nSPS) is 14.9. The molecular formula is C19H23N5O3. The summed E-state index contributed by atoms with van der Waals surface area (Å²) in [4.78, 5) is 14.6. The molecule has 1 fully saturated rings. The Bertz CT molecular complexity index is 1020. The Morgan fingerprint density at radius 3 is 2.74 bits per heavy atom. The number of aromatic nitrogens is 4. The van der Waals surface area contributed by atoms with Gasteiger partial charge in [0.1, 0.15) is 22.8 Å². The Labute approximate surface area is 156 Å². The summed E-state index contributed by atoms with van der Waals surface area (Å²) in [6.07, 6.45) is 0.0846. The summed E-state index contributed by atoms with van der Waals surface area (Å²) < 4.78 is 12.6. The molecule has 0 radical (unpaired) electrons. The first-order valence-corrected chi connectivity index (χ1v) is 9.09. The Balaban J connectivity index is 1.81. The minimum atomic E-state index is -0.121.